The van der Waals surface area contributed by atoms with E-state index in [1.807, 2.05) is 31.2 Å². The lowest BCUT2D eigenvalue weighted by Crippen LogP contribution is -2.37. The third kappa shape index (κ3) is 5.51. The molecule has 4 nitrogen and oxygen atoms in total. The van der Waals surface area contributed by atoms with Crippen molar-refractivity contribution in [2.75, 3.05) is 13.2 Å². The van der Waals surface area contributed by atoms with Crippen molar-refractivity contribution in [2.24, 2.45) is 0 Å². The molecule has 0 spiro atoms. The minimum Gasteiger partial charge on any atom is -0.493 e. The molecule has 1 unspecified atom stereocenters. The van der Waals surface area contributed by atoms with E-state index < -0.39 is 0 Å². The summed E-state index contributed by atoms with van der Waals surface area (Å²) in [5.41, 5.74) is 0. The first-order valence-corrected chi connectivity index (χ1v) is 6.73. The van der Waals surface area contributed by atoms with Gasteiger partial charge in [-0.05, 0) is 24.6 Å². The average Bonchev–Trinajstić information content (AvgIpc) is 2.36. The summed E-state index contributed by atoms with van der Waals surface area (Å²) in [6.45, 7) is 2.21. The number of benzene rings is 1. The minimum atomic E-state index is -0.164. The zero-order chi connectivity index (χ0) is 13.4. The molecule has 2 N–H and O–H groups in total. The number of aliphatic hydroxyl groups excluding tert-OH is 1. The number of carbonyl (C=O) groups is 1. The van der Waals surface area contributed by atoms with Crippen molar-refractivity contribution < 1.29 is 14.6 Å². The molecule has 1 aromatic rings. The lowest BCUT2D eigenvalue weighted by Gasteiger charge is -2.14. The van der Waals surface area contributed by atoms with E-state index in [2.05, 4.69) is 21.2 Å². The summed E-state index contributed by atoms with van der Waals surface area (Å²) < 4.78 is 6.39. The molecule has 0 saturated carbocycles. The van der Waals surface area contributed by atoms with Crippen LogP contribution in [0.4, 0.5) is 0 Å². The fraction of sp³-hybridized carbons (Fsp3) is 0.462. The van der Waals surface area contributed by atoms with Gasteiger partial charge in [0, 0.05) is 4.47 Å². The number of hydrogen-bond acceptors (Lipinski definition) is 3. The molecular weight excluding hydrogens is 298 g/mol. The van der Waals surface area contributed by atoms with Gasteiger partial charge in [-0.2, -0.15) is 0 Å². The first-order chi connectivity index (χ1) is 8.65. The molecule has 0 fully saturated rings. The van der Waals surface area contributed by atoms with E-state index in [1.165, 1.54) is 0 Å². The Balaban J connectivity index is 2.27. The number of ether oxygens (including phenoxy) is 1. The number of halogens is 1. The van der Waals surface area contributed by atoms with Gasteiger partial charge in [0.1, 0.15) is 5.75 Å². The third-order valence-electron chi connectivity index (χ3n) is 2.47. The normalized spacial score (nSPS) is 11.9. The van der Waals surface area contributed by atoms with E-state index in [9.17, 15) is 4.79 Å². The van der Waals surface area contributed by atoms with Crippen molar-refractivity contribution in [3.05, 3.63) is 28.7 Å². The van der Waals surface area contributed by atoms with E-state index in [4.69, 9.17) is 9.84 Å². The summed E-state index contributed by atoms with van der Waals surface area (Å²) in [6, 6.07) is 7.31. The quantitative estimate of drug-likeness (QED) is 0.810. The van der Waals surface area contributed by atoms with Gasteiger partial charge in [0.05, 0.1) is 25.7 Å². The molecule has 0 saturated heterocycles. The highest BCUT2D eigenvalue weighted by molar-refractivity contribution is 9.10. The Morgan fingerprint density at radius 1 is 1.56 bits per heavy atom. The molecule has 0 aliphatic heterocycles. The first-order valence-electron chi connectivity index (χ1n) is 5.94. The van der Waals surface area contributed by atoms with Crippen molar-refractivity contribution in [1.29, 1.82) is 0 Å². The number of aliphatic hydroxyl groups is 1. The Morgan fingerprint density at radius 2 is 2.33 bits per heavy atom. The van der Waals surface area contributed by atoms with Gasteiger partial charge in [0.25, 0.3) is 0 Å². The van der Waals surface area contributed by atoms with Crippen LogP contribution in [0, 0.1) is 0 Å². The molecule has 5 heteroatoms. The summed E-state index contributed by atoms with van der Waals surface area (Å²) in [7, 11) is 0. The SMILES string of the molecule is CCC(CO)NC(=O)CCOc1cccc(Br)c1. The number of carbonyl (C=O) groups excluding carboxylic acids is 1. The van der Waals surface area contributed by atoms with E-state index in [0.717, 1.165) is 10.2 Å². The summed E-state index contributed by atoms with van der Waals surface area (Å²) in [4.78, 5) is 11.5. The standard InChI is InChI=1S/C13H18BrNO3/c1-2-11(9-16)15-13(17)6-7-18-12-5-3-4-10(14)8-12/h3-5,8,11,16H,2,6-7,9H2,1H3,(H,15,17). The molecule has 100 valence electrons. The molecular formula is C13H18BrNO3. The molecule has 0 radical (unpaired) electrons. The molecule has 1 amide bonds. The van der Waals surface area contributed by atoms with Crippen LogP contribution in [-0.2, 0) is 4.79 Å². The zero-order valence-electron chi connectivity index (χ0n) is 10.4. The maximum Gasteiger partial charge on any atom is 0.223 e. The summed E-state index contributed by atoms with van der Waals surface area (Å²) in [6.07, 6.45) is 0.998. The van der Waals surface area contributed by atoms with Crippen LogP contribution in [0.3, 0.4) is 0 Å². The van der Waals surface area contributed by atoms with Crippen LogP contribution < -0.4 is 10.1 Å². The van der Waals surface area contributed by atoms with Gasteiger partial charge in [-0.25, -0.2) is 0 Å². The van der Waals surface area contributed by atoms with Crippen LogP contribution >= 0.6 is 15.9 Å². The highest BCUT2D eigenvalue weighted by Crippen LogP contribution is 2.17. The summed E-state index contributed by atoms with van der Waals surface area (Å²) >= 11 is 3.35. The maximum atomic E-state index is 11.5. The van der Waals surface area contributed by atoms with E-state index in [-0.39, 0.29) is 25.0 Å². The topological polar surface area (TPSA) is 58.6 Å². The van der Waals surface area contributed by atoms with Crippen LogP contribution in [-0.4, -0.2) is 30.3 Å². The first kappa shape index (κ1) is 15.0. The molecule has 0 bridgehead atoms. The van der Waals surface area contributed by atoms with Gasteiger partial charge in [-0.15, -0.1) is 0 Å². The monoisotopic (exact) mass is 315 g/mol. The number of nitrogens with one attached hydrogen (secondary N) is 1. The molecule has 0 aromatic heterocycles. The highest BCUT2D eigenvalue weighted by atomic mass is 79.9. The van der Waals surface area contributed by atoms with Crippen LogP contribution in [0.25, 0.3) is 0 Å². The van der Waals surface area contributed by atoms with Crippen molar-refractivity contribution in [1.82, 2.24) is 5.32 Å². The fourth-order valence-corrected chi connectivity index (χ4v) is 1.77. The molecule has 1 atom stereocenters. The second-order valence-corrected chi connectivity index (χ2v) is 4.83. The Kier molecular flexibility index (Phi) is 6.75. The lowest BCUT2D eigenvalue weighted by atomic mass is 10.2. The van der Waals surface area contributed by atoms with Crippen molar-refractivity contribution >= 4 is 21.8 Å². The van der Waals surface area contributed by atoms with Crippen molar-refractivity contribution in [2.45, 2.75) is 25.8 Å². The maximum absolute atomic E-state index is 11.5. The van der Waals surface area contributed by atoms with Gasteiger partial charge in [0.2, 0.25) is 5.91 Å². The Labute approximate surface area is 115 Å². The van der Waals surface area contributed by atoms with Gasteiger partial charge in [0.15, 0.2) is 0 Å². The van der Waals surface area contributed by atoms with E-state index >= 15 is 0 Å². The molecule has 1 rings (SSSR count). The van der Waals surface area contributed by atoms with Gasteiger partial charge < -0.3 is 15.2 Å². The van der Waals surface area contributed by atoms with Crippen LogP contribution in [0.5, 0.6) is 5.75 Å². The molecule has 1 aromatic carbocycles. The van der Waals surface area contributed by atoms with Crippen molar-refractivity contribution in [3.63, 3.8) is 0 Å². The van der Waals surface area contributed by atoms with Gasteiger partial charge in [-0.3, -0.25) is 4.79 Å². The fourth-order valence-electron chi connectivity index (χ4n) is 1.40. The highest BCUT2D eigenvalue weighted by Gasteiger charge is 2.08. The largest absolute Gasteiger partial charge is 0.493 e. The third-order valence-corrected chi connectivity index (χ3v) is 2.97. The zero-order valence-corrected chi connectivity index (χ0v) is 11.9. The van der Waals surface area contributed by atoms with Crippen LogP contribution in [0.1, 0.15) is 19.8 Å². The smallest absolute Gasteiger partial charge is 0.223 e. The number of amides is 1. The number of hydrogen-bond donors (Lipinski definition) is 2. The molecule has 18 heavy (non-hydrogen) atoms. The Bertz CT molecular complexity index is 380. The van der Waals surface area contributed by atoms with Crippen LogP contribution in [0.2, 0.25) is 0 Å². The van der Waals surface area contributed by atoms with E-state index in [1.54, 1.807) is 0 Å². The molecule has 0 aliphatic carbocycles. The lowest BCUT2D eigenvalue weighted by molar-refractivity contribution is -0.122. The van der Waals surface area contributed by atoms with E-state index in [0.29, 0.717) is 13.0 Å². The predicted octanol–water partition coefficient (Wildman–Crippen LogP) is 2.11. The second-order valence-electron chi connectivity index (χ2n) is 3.91. The predicted molar refractivity (Wildman–Crippen MR) is 73.6 cm³/mol. The molecule has 0 aliphatic rings. The summed E-state index contributed by atoms with van der Waals surface area (Å²) in [5, 5.41) is 11.7. The summed E-state index contributed by atoms with van der Waals surface area (Å²) in [5.74, 6) is 0.622. The average molecular weight is 316 g/mol. The van der Waals surface area contributed by atoms with Crippen LogP contribution in [0.15, 0.2) is 28.7 Å². The Morgan fingerprint density at radius 3 is 2.94 bits per heavy atom. The van der Waals surface area contributed by atoms with Gasteiger partial charge in [-0.1, -0.05) is 28.9 Å². The van der Waals surface area contributed by atoms with Gasteiger partial charge >= 0.3 is 0 Å². The Hall–Kier alpha value is -1.07. The van der Waals surface area contributed by atoms with Crippen molar-refractivity contribution in [3.8, 4) is 5.75 Å². The second kappa shape index (κ2) is 8.11. The molecule has 0 heterocycles. The minimum absolute atomic E-state index is 0.0330. The number of rotatable bonds is 7.